The average Bonchev–Trinajstić information content (AvgIpc) is 3.39. The fourth-order valence-corrected chi connectivity index (χ4v) is 3.20. The topological polar surface area (TPSA) is 89.2 Å². The van der Waals surface area contributed by atoms with Crippen molar-refractivity contribution in [2.45, 2.75) is 26.6 Å². The fraction of sp³-hybridized carbons (Fsp3) is 0.174. The molecule has 7 nitrogen and oxygen atoms in total. The van der Waals surface area contributed by atoms with Gasteiger partial charge in [-0.05, 0) is 43.3 Å². The maximum Gasteiger partial charge on any atom is 0.251 e. The molecule has 4 rings (SSSR count). The maximum absolute atomic E-state index is 12.5. The molecular formula is C23H22N4O3. The third-order valence-corrected chi connectivity index (χ3v) is 4.80. The first-order chi connectivity index (χ1) is 14.6. The number of aryl methyl sites for hydroxylation is 1. The number of aromatic nitrogens is 2. The zero-order chi connectivity index (χ0) is 20.9. The first-order valence-corrected chi connectivity index (χ1v) is 9.68. The van der Waals surface area contributed by atoms with Gasteiger partial charge in [-0.2, -0.15) is 0 Å². The number of imidazole rings is 1. The van der Waals surface area contributed by atoms with Crippen molar-refractivity contribution in [3.05, 3.63) is 89.6 Å². The van der Waals surface area contributed by atoms with Crippen molar-refractivity contribution >= 4 is 22.8 Å². The van der Waals surface area contributed by atoms with Crippen LogP contribution >= 0.6 is 0 Å². The molecular weight excluding hydrogens is 380 g/mol. The van der Waals surface area contributed by atoms with Crippen molar-refractivity contribution in [2.24, 2.45) is 0 Å². The van der Waals surface area contributed by atoms with Gasteiger partial charge in [0.15, 0.2) is 0 Å². The standard InChI is InChI=1S/C23H22N4O3/c1-16-8-10-17(11-9-16)23(29)25-14-21-26-19-6-2-3-7-20(19)27(21)15-22(28)24-13-18-5-4-12-30-18/h2-12H,13-15H2,1H3,(H,24,28)(H,25,29). The second kappa shape index (κ2) is 8.65. The lowest BCUT2D eigenvalue weighted by Gasteiger charge is -2.10. The molecule has 0 saturated carbocycles. The average molecular weight is 402 g/mol. The van der Waals surface area contributed by atoms with Crippen molar-refractivity contribution in [3.63, 3.8) is 0 Å². The molecule has 30 heavy (non-hydrogen) atoms. The predicted molar refractivity (Wildman–Crippen MR) is 113 cm³/mol. The highest BCUT2D eigenvalue weighted by atomic mass is 16.3. The largest absolute Gasteiger partial charge is 0.467 e. The molecule has 4 aromatic rings. The zero-order valence-corrected chi connectivity index (χ0v) is 16.6. The number of nitrogens with one attached hydrogen (secondary N) is 2. The Morgan fingerprint density at radius 1 is 0.967 bits per heavy atom. The van der Waals surface area contributed by atoms with Crippen LogP contribution in [0.5, 0.6) is 0 Å². The molecule has 0 unspecified atom stereocenters. The Kier molecular flexibility index (Phi) is 5.61. The van der Waals surface area contributed by atoms with E-state index in [4.69, 9.17) is 4.42 Å². The molecule has 7 heteroatoms. The van der Waals surface area contributed by atoms with Crippen LogP contribution in [0.3, 0.4) is 0 Å². The van der Waals surface area contributed by atoms with Gasteiger partial charge in [-0.25, -0.2) is 4.98 Å². The summed E-state index contributed by atoms with van der Waals surface area (Å²) in [6, 6.07) is 18.5. The van der Waals surface area contributed by atoms with Gasteiger partial charge < -0.3 is 19.6 Å². The van der Waals surface area contributed by atoms with Crippen LogP contribution < -0.4 is 10.6 Å². The Morgan fingerprint density at radius 3 is 2.53 bits per heavy atom. The molecule has 2 N–H and O–H groups in total. The van der Waals surface area contributed by atoms with Gasteiger partial charge in [-0.3, -0.25) is 9.59 Å². The van der Waals surface area contributed by atoms with Crippen LogP contribution in [0.25, 0.3) is 11.0 Å². The molecule has 0 aliphatic carbocycles. The molecule has 0 spiro atoms. The molecule has 2 amide bonds. The van der Waals surface area contributed by atoms with Crippen LogP contribution in [0.2, 0.25) is 0 Å². The number of carbonyl (C=O) groups excluding carboxylic acids is 2. The number of fused-ring (bicyclic) bond motifs is 1. The van der Waals surface area contributed by atoms with Gasteiger partial charge in [0.25, 0.3) is 5.91 Å². The van der Waals surface area contributed by atoms with Crippen LogP contribution in [-0.2, 0) is 24.4 Å². The van der Waals surface area contributed by atoms with E-state index in [1.165, 1.54) is 0 Å². The highest BCUT2D eigenvalue weighted by Gasteiger charge is 2.15. The minimum Gasteiger partial charge on any atom is -0.467 e. The molecule has 0 bridgehead atoms. The molecule has 0 fully saturated rings. The van der Waals surface area contributed by atoms with Gasteiger partial charge >= 0.3 is 0 Å². The maximum atomic E-state index is 12.5. The van der Waals surface area contributed by atoms with E-state index in [-0.39, 0.29) is 24.9 Å². The second-order valence-corrected chi connectivity index (χ2v) is 7.01. The highest BCUT2D eigenvalue weighted by molar-refractivity contribution is 5.94. The van der Waals surface area contributed by atoms with Crippen LogP contribution in [0.1, 0.15) is 27.5 Å². The Morgan fingerprint density at radius 2 is 1.77 bits per heavy atom. The normalized spacial score (nSPS) is 10.8. The minimum absolute atomic E-state index is 0.0942. The zero-order valence-electron chi connectivity index (χ0n) is 16.6. The number of hydrogen-bond donors (Lipinski definition) is 2. The van der Waals surface area contributed by atoms with Crippen LogP contribution in [0, 0.1) is 6.92 Å². The molecule has 2 heterocycles. The van der Waals surface area contributed by atoms with Gasteiger partial charge in [-0.15, -0.1) is 0 Å². The summed E-state index contributed by atoms with van der Waals surface area (Å²) in [5.74, 6) is 0.950. The second-order valence-electron chi connectivity index (χ2n) is 7.01. The SMILES string of the molecule is Cc1ccc(C(=O)NCc2nc3ccccc3n2CC(=O)NCc2ccco2)cc1. The van der Waals surface area contributed by atoms with E-state index in [9.17, 15) is 9.59 Å². The lowest BCUT2D eigenvalue weighted by molar-refractivity contribution is -0.121. The predicted octanol–water partition coefficient (Wildman–Crippen LogP) is 3.18. The van der Waals surface area contributed by atoms with Crippen molar-refractivity contribution in [1.82, 2.24) is 20.2 Å². The van der Waals surface area contributed by atoms with Gasteiger partial charge in [0.05, 0.1) is 30.4 Å². The number of nitrogens with zero attached hydrogens (tertiary/aromatic N) is 2. The van der Waals surface area contributed by atoms with E-state index in [0.717, 1.165) is 16.6 Å². The smallest absolute Gasteiger partial charge is 0.251 e. The van der Waals surface area contributed by atoms with Gasteiger partial charge in [0.2, 0.25) is 5.91 Å². The summed E-state index contributed by atoms with van der Waals surface area (Å²) in [6.07, 6.45) is 1.57. The number of amides is 2. The summed E-state index contributed by atoms with van der Waals surface area (Å²) < 4.78 is 7.07. The number of furan rings is 1. The number of hydrogen-bond acceptors (Lipinski definition) is 4. The number of para-hydroxylation sites is 2. The molecule has 0 saturated heterocycles. The Bertz CT molecular complexity index is 1160. The summed E-state index contributed by atoms with van der Waals surface area (Å²) in [5, 5.41) is 5.74. The molecule has 152 valence electrons. The summed E-state index contributed by atoms with van der Waals surface area (Å²) in [4.78, 5) is 29.6. The lowest BCUT2D eigenvalue weighted by Crippen LogP contribution is -2.29. The minimum atomic E-state index is -0.184. The van der Waals surface area contributed by atoms with E-state index >= 15 is 0 Å². The summed E-state index contributed by atoms with van der Waals surface area (Å²) >= 11 is 0. The van der Waals surface area contributed by atoms with Crippen LogP contribution in [0.4, 0.5) is 0 Å². The summed E-state index contributed by atoms with van der Waals surface area (Å²) in [7, 11) is 0. The molecule has 0 aliphatic heterocycles. The van der Waals surface area contributed by atoms with E-state index < -0.39 is 0 Å². The molecule has 2 aromatic heterocycles. The third kappa shape index (κ3) is 4.41. The highest BCUT2D eigenvalue weighted by Crippen LogP contribution is 2.16. The summed E-state index contributed by atoms with van der Waals surface area (Å²) in [5.41, 5.74) is 3.29. The van der Waals surface area contributed by atoms with E-state index in [0.29, 0.717) is 23.7 Å². The molecule has 2 aromatic carbocycles. The van der Waals surface area contributed by atoms with E-state index in [1.54, 1.807) is 30.5 Å². The van der Waals surface area contributed by atoms with Gasteiger partial charge in [0.1, 0.15) is 18.1 Å². The third-order valence-electron chi connectivity index (χ3n) is 4.80. The fourth-order valence-electron chi connectivity index (χ4n) is 3.20. The van der Waals surface area contributed by atoms with Crippen molar-refractivity contribution < 1.29 is 14.0 Å². The lowest BCUT2D eigenvalue weighted by atomic mass is 10.1. The summed E-state index contributed by atoms with van der Waals surface area (Å²) in [6.45, 7) is 2.60. The Balaban J connectivity index is 1.49. The molecule has 0 radical (unpaired) electrons. The monoisotopic (exact) mass is 402 g/mol. The van der Waals surface area contributed by atoms with Crippen molar-refractivity contribution in [1.29, 1.82) is 0 Å². The number of carbonyl (C=O) groups is 2. The van der Waals surface area contributed by atoms with E-state index in [2.05, 4.69) is 15.6 Å². The Hall–Kier alpha value is -3.87. The van der Waals surface area contributed by atoms with Gasteiger partial charge in [-0.1, -0.05) is 29.8 Å². The Labute approximate surface area is 173 Å². The quantitative estimate of drug-likeness (QED) is 0.497. The molecule has 0 aliphatic rings. The first kappa shape index (κ1) is 19.4. The van der Waals surface area contributed by atoms with E-state index in [1.807, 2.05) is 47.9 Å². The van der Waals surface area contributed by atoms with Gasteiger partial charge in [0, 0.05) is 5.56 Å². The number of rotatable bonds is 7. The van der Waals surface area contributed by atoms with Crippen LogP contribution in [0.15, 0.2) is 71.3 Å². The van der Waals surface area contributed by atoms with Crippen LogP contribution in [-0.4, -0.2) is 21.4 Å². The molecule has 0 atom stereocenters. The number of benzene rings is 2. The van der Waals surface area contributed by atoms with Crippen molar-refractivity contribution in [2.75, 3.05) is 0 Å². The first-order valence-electron chi connectivity index (χ1n) is 9.68. The van der Waals surface area contributed by atoms with Crippen molar-refractivity contribution in [3.8, 4) is 0 Å².